The van der Waals surface area contributed by atoms with E-state index in [-0.39, 0.29) is 23.0 Å². The number of hydrogen-bond acceptors (Lipinski definition) is 7. The van der Waals surface area contributed by atoms with Crippen molar-refractivity contribution < 1.29 is 18.3 Å². The first-order chi connectivity index (χ1) is 11.9. The first-order valence-corrected chi connectivity index (χ1v) is 7.61. The Hall–Kier alpha value is -3.17. The molecule has 4 N–H and O–H groups in total. The number of allylic oxidation sites excluding steroid dienone is 2. The minimum absolute atomic E-state index is 0.00566. The minimum atomic E-state index is -3.73. The van der Waals surface area contributed by atoms with E-state index in [1.807, 2.05) is 0 Å². The monoisotopic (exact) mass is 346 g/mol. The molecule has 0 saturated heterocycles. The van der Waals surface area contributed by atoms with Crippen LogP contribution < -0.4 is 20.9 Å². The highest BCUT2D eigenvalue weighted by atomic mass is 19.3. The second kappa shape index (κ2) is 4.47. The highest BCUT2D eigenvalue weighted by molar-refractivity contribution is 5.97. The normalized spacial score (nSPS) is 17.4. The molecule has 0 radical (unpaired) electrons. The number of fused-ring (bicyclic) bond motifs is 5. The number of anilines is 1. The summed E-state index contributed by atoms with van der Waals surface area (Å²) in [5.41, 5.74) is 14.4. The first-order valence-electron chi connectivity index (χ1n) is 7.61. The van der Waals surface area contributed by atoms with Gasteiger partial charge in [0.05, 0.1) is 0 Å². The summed E-state index contributed by atoms with van der Waals surface area (Å²) in [4.78, 5) is 8.59. The minimum Gasteiger partial charge on any atom is -0.402 e. The van der Waals surface area contributed by atoms with Gasteiger partial charge in [-0.2, -0.15) is 4.52 Å². The van der Waals surface area contributed by atoms with E-state index in [1.165, 1.54) is 16.2 Å². The second-order valence-electron chi connectivity index (χ2n) is 6.00. The third-order valence-electron chi connectivity index (χ3n) is 4.18. The Kier molecular flexibility index (Phi) is 2.54. The Bertz CT molecular complexity index is 1080. The van der Waals surface area contributed by atoms with Crippen molar-refractivity contribution >= 4 is 22.5 Å². The first kappa shape index (κ1) is 14.2. The molecular weight excluding hydrogens is 334 g/mol. The molecule has 128 valence electrons. The average molecular weight is 346 g/mol. The molecule has 2 aliphatic rings. The van der Waals surface area contributed by atoms with Gasteiger partial charge in [0.2, 0.25) is 5.95 Å². The molecule has 0 amide bonds. The van der Waals surface area contributed by atoms with Crippen LogP contribution in [-0.4, -0.2) is 25.9 Å². The Morgan fingerprint density at radius 1 is 1.24 bits per heavy atom. The van der Waals surface area contributed by atoms with E-state index in [2.05, 4.69) is 24.5 Å². The van der Waals surface area contributed by atoms with Crippen LogP contribution in [0.5, 0.6) is 11.5 Å². The van der Waals surface area contributed by atoms with Gasteiger partial charge in [-0.1, -0.05) is 5.57 Å². The van der Waals surface area contributed by atoms with Crippen LogP contribution >= 0.6 is 0 Å². The van der Waals surface area contributed by atoms with Crippen LogP contribution in [0, 0.1) is 0 Å². The molecule has 3 aromatic rings. The van der Waals surface area contributed by atoms with Gasteiger partial charge in [-0.3, -0.25) is 0 Å². The van der Waals surface area contributed by atoms with Crippen molar-refractivity contribution in [2.24, 2.45) is 5.73 Å². The van der Waals surface area contributed by atoms with E-state index < -0.39 is 6.29 Å². The number of rotatable bonds is 2. The zero-order chi connectivity index (χ0) is 17.3. The highest BCUT2D eigenvalue weighted by Gasteiger charge is 2.44. The number of hydrogen-bond donors (Lipinski definition) is 2. The van der Waals surface area contributed by atoms with E-state index in [1.54, 1.807) is 6.07 Å². The largest absolute Gasteiger partial charge is 0.586 e. The predicted octanol–water partition coefficient (Wildman–Crippen LogP) is 1.73. The SMILES string of the molecule is NC(Cc1nc2c3ccc4c(c3nc(N)n2n1)OC(F)(F)O4)=C1CC1. The second-order valence-corrected chi connectivity index (χ2v) is 6.00. The summed E-state index contributed by atoms with van der Waals surface area (Å²) < 4.78 is 37.1. The third-order valence-corrected chi connectivity index (χ3v) is 4.18. The van der Waals surface area contributed by atoms with Gasteiger partial charge >= 0.3 is 6.29 Å². The van der Waals surface area contributed by atoms with Gasteiger partial charge in [-0.25, -0.2) is 9.97 Å². The number of nitrogens with zero attached hydrogens (tertiary/aromatic N) is 4. The maximum absolute atomic E-state index is 13.4. The van der Waals surface area contributed by atoms with E-state index in [0.29, 0.717) is 23.3 Å². The average Bonchev–Trinajstić information content (AvgIpc) is 3.22. The molecule has 1 fully saturated rings. The lowest BCUT2D eigenvalue weighted by molar-refractivity contribution is -0.286. The number of ether oxygens (including phenoxy) is 2. The molecule has 25 heavy (non-hydrogen) atoms. The molecule has 10 heteroatoms. The molecule has 5 rings (SSSR count). The molecule has 0 bridgehead atoms. The summed E-state index contributed by atoms with van der Waals surface area (Å²) in [6, 6.07) is 2.95. The van der Waals surface area contributed by atoms with Crippen LogP contribution in [-0.2, 0) is 6.42 Å². The summed E-state index contributed by atoms with van der Waals surface area (Å²) in [7, 11) is 0. The van der Waals surface area contributed by atoms with Crippen molar-refractivity contribution in [3.63, 3.8) is 0 Å². The maximum atomic E-state index is 13.4. The number of nitrogen functional groups attached to an aromatic ring is 1. The van der Waals surface area contributed by atoms with Gasteiger partial charge in [0.15, 0.2) is 23.0 Å². The lowest BCUT2D eigenvalue weighted by Gasteiger charge is -2.05. The molecular formula is C15H12F2N6O2. The number of alkyl halides is 2. The lowest BCUT2D eigenvalue weighted by atomic mass is 10.2. The Balaban J connectivity index is 1.70. The molecule has 3 heterocycles. The van der Waals surface area contributed by atoms with E-state index in [9.17, 15) is 8.78 Å². The van der Waals surface area contributed by atoms with E-state index in [4.69, 9.17) is 11.5 Å². The van der Waals surface area contributed by atoms with Gasteiger partial charge in [-0.15, -0.1) is 13.9 Å². The summed E-state index contributed by atoms with van der Waals surface area (Å²) in [6.07, 6.45) is -1.32. The fraction of sp³-hybridized carbons (Fsp3) is 0.267. The Morgan fingerprint density at radius 3 is 2.80 bits per heavy atom. The molecule has 1 aromatic carbocycles. The quantitative estimate of drug-likeness (QED) is 0.726. The van der Waals surface area contributed by atoms with Crippen LogP contribution in [0.25, 0.3) is 16.6 Å². The number of halogens is 2. The Labute approximate surface area is 139 Å². The van der Waals surface area contributed by atoms with Crippen molar-refractivity contribution in [1.29, 1.82) is 0 Å². The molecule has 0 unspecified atom stereocenters. The van der Waals surface area contributed by atoms with Crippen LogP contribution in [0.15, 0.2) is 23.4 Å². The van der Waals surface area contributed by atoms with Crippen LogP contribution in [0.3, 0.4) is 0 Å². The topological polar surface area (TPSA) is 114 Å². The van der Waals surface area contributed by atoms with Gasteiger partial charge in [-0.05, 0) is 25.0 Å². The van der Waals surface area contributed by atoms with Crippen LogP contribution in [0.1, 0.15) is 18.7 Å². The van der Waals surface area contributed by atoms with Crippen molar-refractivity contribution in [3.8, 4) is 11.5 Å². The molecule has 1 aliphatic heterocycles. The zero-order valence-corrected chi connectivity index (χ0v) is 12.8. The summed E-state index contributed by atoms with van der Waals surface area (Å²) in [6.45, 7) is 0. The molecule has 2 aromatic heterocycles. The number of nitrogens with two attached hydrogens (primary N) is 2. The molecule has 0 atom stereocenters. The molecule has 8 nitrogen and oxygen atoms in total. The van der Waals surface area contributed by atoms with E-state index >= 15 is 0 Å². The summed E-state index contributed by atoms with van der Waals surface area (Å²) in [5.74, 6) is 0.226. The molecule has 0 spiro atoms. The van der Waals surface area contributed by atoms with Gasteiger partial charge in [0, 0.05) is 17.5 Å². The predicted molar refractivity (Wildman–Crippen MR) is 83.1 cm³/mol. The van der Waals surface area contributed by atoms with Gasteiger partial charge < -0.3 is 20.9 Å². The van der Waals surface area contributed by atoms with Crippen LogP contribution in [0.2, 0.25) is 0 Å². The van der Waals surface area contributed by atoms with Gasteiger partial charge in [0.1, 0.15) is 5.52 Å². The number of aromatic nitrogens is 4. The van der Waals surface area contributed by atoms with Crippen molar-refractivity contribution in [1.82, 2.24) is 19.6 Å². The van der Waals surface area contributed by atoms with Gasteiger partial charge in [0.25, 0.3) is 0 Å². The van der Waals surface area contributed by atoms with Crippen molar-refractivity contribution in [3.05, 3.63) is 29.2 Å². The zero-order valence-electron chi connectivity index (χ0n) is 12.8. The van der Waals surface area contributed by atoms with Crippen LogP contribution in [0.4, 0.5) is 14.7 Å². The third kappa shape index (κ3) is 2.13. The Morgan fingerprint density at radius 2 is 2.04 bits per heavy atom. The smallest absolute Gasteiger partial charge is 0.402 e. The standard InChI is InChI=1S/C15H12F2N6O2/c16-15(17)24-9-4-3-7-11(12(9)25-15)21-14(19)23-13(7)20-10(22-23)5-8(18)6-1-2-6/h3-4H,1-2,5,18H2,(H2,19,21). The van der Waals surface area contributed by atoms with Crippen molar-refractivity contribution in [2.75, 3.05) is 5.73 Å². The molecule has 1 aliphatic carbocycles. The fourth-order valence-corrected chi connectivity index (χ4v) is 2.90. The highest BCUT2D eigenvalue weighted by Crippen LogP contribution is 2.45. The summed E-state index contributed by atoms with van der Waals surface area (Å²) >= 11 is 0. The van der Waals surface area contributed by atoms with Crippen molar-refractivity contribution in [2.45, 2.75) is 25.6 Å². The molecule has 1 saturated carbocycles. The number of benzene rings is 1. The maximum Gasteiger partial charge on any atom is 0.586 e. The fourth-order valence-electron chi connectivity index (χ4n) is 2.90. The lowest BCUT2D eigenvalue weighted by Crippen LogP contribution is -2.26. The van der Waals surface area contributed by atoms with E-state index in [0.717, 1.165) is 18.5 Å². The summed E-state index contributed by atoms with van der Waals surface area (Å²) in [5, 5.41) is 4.80.